The van der Waals surface area contributed by atoms with Gasteiger partial charge in [-0.25, -0.2) is 4.79 Å². The molecule has 0 saturated carbocycles. The maximum atomic E-state index is 13.0. The molecule has 1 aliphatic heterocycles. The highest BCUT2D eigenvalue weighted by Gasteiger charge is 2.26. The van der Waals surface area contributed by atoms with E-state index in [2.05, 4.69) is 22.9 Å². The molecule has 3 N–H and O–H groups in total. The van der Waals surface area contributed by atoms with E-state index in [4.69, 9.17) is 0 Å². The number of benzene rings is 1. The van der Waals surface area contributed by atoms with Crippen LogP contribution in [0.3, 0.4) is 0 Å². The number of carbonyl (C=O) groups excluding carboxylic acids is 2. The quantitative estimate of drug-likeness (QED) is 0.645. The molecule has 0 atom stereocenters. The summed E-state index contributed by atoms with van der Waals surface area (Å²) in [4.78, 5) is 27.8. The average Bonchev–Trinajstić information content (AvgIpc) is 3.15. The second-order valence-electron chi connectivity index (χ2n) is 6.59. The summed E-state index contributed by atoms with van der Waals surface area (Å²) in [6, 6.07) is 12.8. The lowest BCUT2D eigenvalue weighted by Gasteiger charge is -2.34. The van der Waals surface area contributed by atoms with Crippen molar-refractivity contribution in [2.45, 2.75) is 32.2 Å². The Labute approximate surface area is 176 Å². The van der Waals surface area contributed by atoms with Crippen molar-refractivity contribution < 1.29 is 9.59 Å². The first-order chi connectivity index (χ1) is 13.2. The van der Waals surface area contributed by atoms with Crippen molar-refractivity contribution in [3.63, 3.8) is 0 Å². The largest absolute Gasteiger partial charge is 0.335 e. The molecule has 3 rings (SSSR count). The zero-order valence-electron chi connectivity index (χ0n) is 15.9. The molecular formula is C20H27ClN4O2S. The van der Waals surface area contributed by atoms with Gasteiger partial charge >= 0.3 is 6.03 Å². The van der Waals surface area contributed by atoms with Crippen LogP contribution in [0.1, 0.15) is 35.9 Å². The Hall–Kier alpha value is -2.09. The molecule has 0 aliphatic carbocycles. The van der Waals surface area contributed by atoms with Crippen molar-refractivity contribution in [1.29, 1.82) is 0 Å². The van der Waals surface area contributed by atoms with E-state index >= 15 is 0 Å². The second-order valence-corrected chi connectivity index (χ2v) is 7.67. The number of halogens is 1. The minimum Gasteiger partial charge on any atom is -0.335 e. The molecule has 3 amide bonds. The van der Waals surface area contributed by atoms with Crippen molar-refractivity contribution in [1.82, 2.24) is 10.2 Å². The maximum Gasteiger partial charge on any atom is 0.324 e. The van der Waals surface area contributed by atoms with Crippen LogP contribution in [-0.4, -0.2) is 42.5 Å². The number of anilines is 2. The van der Waals surface area contributed by atoms with Crippen molar-refractivity contribution in [2.75, 3.05) is 30.3 Å². The first-order valence-electron chi connectivity index (χ1n) is 9.42. The standard InChI is InChI=1S/C20H26N4O2S.ClH/c1-2-14-24(16-10-12-21-13-11-16)19(25)17-8-9-18(27-17)23-20(26)22-15-6-4-3-5-7-15;/h3-9,16,21H,2,10-14H2,1H3,(H2,22,23,26);1H. The van der Waals surface area contributed by atoms with Crippen molar-refractivity contribution in [2.24, 2.45) is 0 Å². The summed E-state index contributed by atoms with van der Waals surface area (Å²) in [5, 5.41) is 9.59. The molecule has 8 heteroatoms. The number of urea groups is 1. The third-order valence-corrected chi connectivity index (χ3v) is 5.55. The fourth-order valence-electron chi connectivity index (χ4n) is 3.27. The van der Waals surface area contributed by atoms with Crippen molar-refractivity contribution in [3.8, 4) is 0 Å². The Morgan fingerprint density at radius 2 is 1.82 bits per heavy atom. The van der Waals surface area contributed by atoms with Gasteiger partial charge in [0.05, 0.1) is 9.88 Å². The van der Waals surface area contributed by atoms with Crippen LogP contribution in [0.4, 0.5) is 15.5 Å². The lowest BCUT2D eigenvalue weighted by molar-refractivity contribution is 0.0647. The van der Waals surface area contributed by atoms with Crippen LogP contribution in [-0.2, 0) is 0 Å². The van der Waals surface area contributed by atoms with E-state index in [9.17, 15) is 9.59 Å². The van der Waals surface area contributed by atoms with E-state index in [1.807, 2.05) is 35.2 Å². The molecule has 2 aromatic rings. The van der Waals surface area contributed by atoms with E-state index in [1.165, 1.54) is 11.3 Å². The Morgan fingerprint density at radius 1 is 1.11 bits per heavy atom. The van der Waals surface area contributed by atoms with E-state index in [-0.39, 0.29) is 24.3 Å². The lowest BCUT2D eigenvalue weighted by Crippen LogP contribution is -2.46. The number of hydrogen-bond donors (Lipinski definition) is 3. The van der Waals surface area contributed by atoms with Crippen LogP contribution in [0, 0.1) is 0 Å². The summed E-state index contributed by atoms with van der Waals surface area (Å²) in [6.07, 6.45) is 2.91. The Bertz CT molecular complexity index is 763. The van der Waals surface area contributed by atoms with Gasteiger partial charge in [0.2, 0.25) is 0 Å². The van der Waals surface area contributed by atoms with Crippen LogP contribution < -0.4 is 16.0 Å². The minimum absolute atomic E-state index is 0. The third kappa shape index (κ3) is 5.95. The van der Waals surface area contributed by atoms with Crippen LogP contribution in [0.25, 0.3) is 0 Å². The van der Waals surface area contributed by atoms with Crippen LogP contribution in [0.15, 0.2) is 42.5 Å². The second kappa shape index (κ2) is 11.0. The number of carbonyl (C=O) groups is 2. The van der Waals surface area contributed by atoms with Gasteiger partial charge in [-0.2, -0.15) is 0 Å². The summed E-state index contributed by atoms with van der Waals surface area (Å²) in [5.74, 6) is 0.0604. The minimum atomic E-state index is -0.314. The van der Waals surface area contributed by atoms with Gasteiger partial charge in [-0.1, -0.05) is 25.1 Å². The van der Waals surface area contributed by atoms with Gasteiger partial charge in [0, 0.05) is 18.3 Å². The normalized spacial score (nSPS) is 14.0. The highest BCUT2D eigenvalue weighted by Crippen LogP contribution is 2.25. The summed E-state index contributed by atoms with van der Waals surface area (Å²) in [6.45, 7) is 4.76. The predicted molar refractivity (Wildman–Crippen MR) is 118 cm³/mol. The molecule has 1 aromatic heterocycles. The molecule has 28 heavy (non-hydrogen) atoms. The maximum absolute atomic E-state index is 13.0. The van der Waals surface area contributed by atoms with E-state index in [0.717, 1.165) is 44.6 Å². The molecular weight excluding hydrogens is 396 g/mol. The lowest BCUT2D eigenvalue weighted by atomic mass is 10.0. The van der Waals surface area contributed by atoms with Gasteiger partial charge in [-0.15, -0.1) is 23.7 Å². The number of amides is 3. The van der Waals surface area contributed by atoms with Gasteiger partial charge < -0.3 is 15.5 Å². The molecule has 6 nitrogen and oxygen atoms in total. The topological polar surface area (TPSA) is 73.5 Å². The molecule has 0 spiro atoms. The molecule has 1 fully saturated rings. The van der Waals surface area contributed by atoms with Gasteiger partial charge in [0.15, 0.2) is 0 Å². The predicted octanol–water partition coefficient (Wildman–Crippen LogP) is 4.42. The molecule has 0 unspecified atom stereocenters. The Balaban J connectivity index is 0.00000280. The summed E-state index contributed by atoms with van der Waals surface area (Å²) >= 11 is 1.32. The number of piperidine rings is 1. The van der Waals surface area contributed by atoms with Gasteiger partial charge in [-0.05, 0) is 56.6 Å². The Kier molecular flexibility index (Phi) is 8.76. The monoisotopic (exact) mass is 422 g/mol. The summed E-state index contributed by atoms with van der Waals surface area (Å²) < 4.78 is 0. The number of hydrogen-bond acceptors (Lipinski definition) is 4. The molecule has 0 bridgehead atoms. The third-order valence-electron chi connectivity index (χ3n) is 4.56. The number of nitrogens with zero attached hydrogens (tertiary/aromatic N) is 1. The Morgan fingerprint density at radius 3 is 2.50 bits per heavy atom. The number of thiophene rings is 1. The summed E-state index contributed by atoms with van der Waals surface area (Å²) in [5.41, 5.74) is 0.725. The van der Waals surface area contributed by atoms with Crippen molar-refractivity contribution in [3.05, 3.63) is 47.3 Å². The zero-order valence-corrected chi connectivity index (χ0v) is 17.6. The van der Waals surface area contributed by atoms with E-state index in [1.54, 1.807) is 12.1 Å². The molecule has 0 radical (unpaired) electrons. The molecule has 1 aromatic carbocycles. The first-order valence-corrected chi connectivity index (χ1v) is 10.2. The molecule has 2 heterocycles. The number of para-hydroxylation sites is 1. The van der Waals surface area contributed by atoms with Crippen LogP contribution in [0.2, 0.25) is 0 Å². The number of nitrogens with one attached hydrogen (secondary N) is 3. The van der Waals surface area contributed by atoms with Gasteiger partial charge in [-0.3, -0.25) is 10.1 Å². The van der Waals surface area contributed by atoms with E-state index < -0.39 is 0 Å². The highest BCUT2D eigenvalue weighted by atomic mass is 35.5. The van der Waals surface area contributed by atoms with Crippen molar-refractivity contribution >= 4 is 46.4 Å². The van der Waals surface area contributed by atoms with E-state index in [0.29, 0.717) is 15.9 Å². The van der Waals surface area contributed by atoms with Crippen LogP contribution in [0.5, 0.6) is 0 Å². The molecule has 1 aliphatic rings. The molecule has 152 valence electrons. The SMILES string of the molecule is CCCN(C(=O)c1ccc(NC(=O)Nc2ccccc2)s1)C1CCNCC1.Cl. The average molecular weight is 423 g/mol. The first kappa shape index (κ1) is 22.2. The smallest absolute Gasteiger partial charge is 0.324 e. The molecule has 1 saturated heterocycles. The fraction of sp³-hybridized carbons (Fsp3) is 0.400. The van der Waals surface area contributed by atoms with Gasteiger partial charge in [0.25, 0.3) is 5.91 Å². The van der Waals surface area contributed by atoms with Gasteiger partial charge in [0.1, 0.15) is 0 Å². The number of rotatable bonds is 6. The highest BCUT2D eigenvalue weighted by molar-refractivity contribution is 7.18. The zero-order chi connectivity index (χ0) is 19.1. The van der Waals surface area contributed by atoms with Crippen LogP contribution >= 0.6 is 23.7 Å². The summed E-state index contributed by atoms with van der Waals surface area (Å²) in [7, 11) is 0. The fourth-order valence-corrected chi connectivity index (χ4v) is 4.12.